The molecule has 0 bridgehead atoms. The number of carboxylic acid groups (broad SMARTS) is 1. The summed E-state index contributed by atoms with van der Waals surface area (Å²) in [6.07, 6.45) is 2.85. The molecule has 0 spiro atoms. The van der Waals surface area contributed by atoms with Crippen molar-refractivity contribution < 1.29 is 14.6 Å². The second kappa shape index (κ2) is 3.53. The van der Waals surface area contributed by atoms with Gasteiger partial charge in [-0.05, 0) is 12.1 Å². The van der Waals surface area contributed by atoms with Gasteiger partial charge in [0.2, 0.25) is 0 Å². The highest BCUT2D eigenvalue weighted by molar-refractivity contribution is 6.03. The van der Waals surface area contributed by atoms with Crippen LogP contribution >= 0.6 is 0 Å². The summed E-state index contributed by atoms with van der Waals surface area (Å²) in [5, 5.41) is 9.54. The van der Waals surface area contributed by atoms with Crippen molar-refractivity contribution in [3.8, 4) is 5.75 Å². The Morgan fingerprint density at radius 1 is 1.47 bits per heavy atom. The molecule has 0 aliphatic rings. The Morgan fingerprint density at radius 3 is 2.93 bits per heavy atom. The molecule has 0 atom stereocenters. The molecule has 0 unspecified atom stereocenters. The van der Waals surface area contributed by atoms with Crippen LogP contribution in [0.5, 0.6) is 5.75 Å². The van der Waals surface area contributed by atoms with Crippen LogP contribution in [0.4, 0.5) is 0 Å². The number of hydrogen-bond donors (Lipinski definition) is 1. The number of nitrogens with zero attached hydrogens (tertiary/aromatic N) is 2. The predicted octanol–water partition coefficient (Wildman–Crippen LogP) is 1.34. The maximum Gasteiger partial charge on any atom is 0.337 e. The summed E-state index contributed by atoms with van der Waals surface area (Å²) in [6.45, 7) is 0. The first-order valence-electron chi connectivity index (χ1n) is 4.24. The van der Waals surface area contributed by atoms with Gasteiger partial charge in [-0.3, -0.25) is 0 Å². The van der Waals surface area contributed by atoms with E-state index in [9.17, 15) is 4.79 Å². The average molecular weight is 204 g/mol. The van der Waals surface area contributed by atoms with E-state index in [1.807, 2.05) is 0 Å². The number of hydrogen-bond acceptors (Lipinski definition) is 4. The van der Waals surface area contributed by atoms with E-state index >= 15 is 0 Å². The molecule has 76 valence electrons. The number of carbonyl (C=O) groups is 1. The SMILES string of the molecule is COc1ccc(C(=O)O)c2ncncc12. The minimum absolute atomic E-state index is 0.146. The van der Waals surface area contributed by atoms with Crippen LogP contribution in [0.25, 0.3) is 10.9 Å². The van der Waals surface area contributed by atoms with E-state index in [0.29, 0.717) is 16.7 Å². The van der Waals surface area contributed by atoms with Crippen molar-refractivity contribution in [2.75, 3.05) is 7.11 Å². The normalized spacial score (nSPS) is 10.2. The molecule has 0 radical (unpaired) electrons. The fourth-order valence-electron chi connectivity index (χ4n) is 1.40. The molecule has 1 aromatic heterocycles. The Labute approximate surface area is 85.4 Å². The molecule has 5 nitrogen and oxygen atoms in total. The Kier molecular flexibility index (Phi) is 2.21. The fraction of sp³-hybridized carbons (Fsp3) is 0.100. The lowest BCUT2D eigenvalue weighted by Crippen LogP contribution is -2.00. The van der Waals surface area contributed by atoms with Gasteiger partial charge in [-0.1, -0.05) is 0 Å². The first-order chi connectivity index (χ1) is 7.24. The largest absolute Gasteiger partial charge is 0.496 e. The summed E-state index contributed by atoms with van der Waals surface area (Å²) in [6, 6.07) is 3.06. The number of fused-ring (bicyclic) bond motifs is 1. The fourth-order valence-corrected chi connectivity index (χ4v) is 1.40. The second-order valence-corrected chi connectivity index (χ2v) is 2.91. The molecule has 2 aromatic rings. The highest BCUT2D eigenvalue weighted by Gasteiger charge is 2.12. The van der Waals surface area contributed by atoms with Crippen molar-refractivity contribution in [3.05, 3.63) is 30.2 Å². The van der Waals surface area contributed by atoms with Crippen molar-refractivity contribution in [3.63, 3.8) is 0 Å². The van der Waals surface area contributed by atoms with E-state index in [4.69, 9.17) is 9.84 Å². The van der Waals surface area contributed by atoms with Crippen LogP contribution in [-0.2, 0) is 0 Å². The number of aromatic carboxylic acids is 1. The van der Waals surface area contributed by atoms with Gasteiger partial charge >= 0.3 is 5.97 Å². The monoisotopic (exact) mass is 204 g/mol. The third kappa shape index (κ3) is 1.48. The number of benzene rings is 1. The molecule has 0 aliphatic heterocycles. The number of methoxy groups -OCH3 is 1. The molecule has 1 aromatic carbocycles. The molecule has 1 N–H and O–H groups in total. The van der Waals surface area contributed by atoms with Gasteiger partial charge in [0, 0.05) is 6.20 Å². The van der Waals surface area contributed by atoms with Crippen molar-refractivity contribution in [2.45, 2.75) is 0 Å². The third-order valence-electron chi connectivity index (χ3n) is 2.08. The van der Waals surface area contributed by atoms with Crippen LogP contribution in [0.1, 0.15) is 10.4 Å². The van der Waals surface area contributed by atoms with Gasteiger partial charge in [0.05, 0.1) is 23.6 Å². The van der Waals surface area contributed by atoms with Gasteiger partial charge in [-0.15, -0.1) is 0 Å². The zero-order chi connectivity index (χ0) is 10.8. The average Bonchev–Trinajstić information content (AvgIpc) is 2.27. The second-order valence-electron chi connectivity index (χ2n) is 2.91. The molecule has 0 amide bonds. The van der Waals surface area contributed by atoms with Gasteiger partial charge < -0.3 is 9.84 Å². The molecule has 1 heterocycles. The highest BCUT2D eigenvalue weighted by atomic mass is 16.5. The highest BCUT2D eigenvalue weighted by Crippen LogP contribution is 2.25. The maximum atomic E-state index is 10.9. The van der Waals surface area contributed by atoms with Crippen LogP contribution < -0.4 is 4.74 Å². The van der Waals surface area contributed by atoms with E-state index in [1.54, 1.807) is 6.07 Å². The first kappa shape index (κ1) is 9.39. The number of rotatable bonds is 2. The summed E-state index contributed by atoms with van der Waals surface area (Å²) < 4.78 is 5.09. The van der Waals surface area contributed by atoms with Gasteiger partial charge in [0.1, 0.15) is 12.1 Å². The van der Waals surface area contributed by atoms with Gasteiger partial charge in [0.25, 0.3) is 0 Å². The smallest absolute Gasteiger partial charge is 0.337 e. The predicted molar refractivity (Wildman–Crippen MR) is 53.0 cm³/mol. The van der Waals surface area contributed by atoms with E-state index in [1.165, 1.54) is 25.7 Å². The van der Waals surface area contributed by atoms with Crippen molar-refractivity contribution in [1.82, 2.24) is 9.97 Å². The molecule has 0 aliphatic carbocycles. The van der Waals surface area contributed by atoms with Crippen LogP contribution in [0.15, 0.2) is 24.7 Å². The topological polar surface area (TPSA) is 72.3 Å². The summed E-state index contributed by atoms with van der Waals surface area (Å²) in [4.78, 5) is 18.7. The standard InChI is InChI=1S/C10H8N2O3/c1-15-8-3-2-6(10(13)14)9-7(8)4-11-5-12-9/h2-5H,1H3,(H,13,14). The third-order valence-corrected chi connectivity index (χ3v) is 2.08. The summed E-state index contributed by atoms with van der Waals surface area (Å²) in [7, 11) is 1.52. The van der Waals surface area contributed by atoms with E-state index in [2.05, 4.69) is 9.97 Å². The summed E-state index contributed by atoms with van der Waals surface area (Å²) in [5.74, 6) is -0.447. The van der Waals surface area contributed by atoms with Gasteiger partial charge in [-0.25, -0.2) is 14.8 Å². The van der Waals surface area contributed by atoms with Gasteiger partial charge in [0.15, 0.2) is 0 Å². The Balaban J connectivity index is 2.83. The number of ether oxygens (including phenoxy) is 1. The zero-order valence-electron chi connectivity index (χ0n) is 7.97. The Hall–Kier alpha value is -2.17. The van der Waals surface area contributed by atoms with Crippen LogP contribution in [0.3, 0.4) is 0 Å². The lowest BCUT2D eigenvalue weighted by Gasteiger charge is -2.05. The number of carboxylic acids is 1. The van der Waals surface area contributed by atoms with Gasteiger partial charge in [-0.2, -0.15) is 0 Å². The first-order valence-corrected chi connectivity index (χ1v) is 4.24. The van der Waals surface area contributed by atoms with Crippen molar-refractivity contribution in [2.24, 2.45) is 0 Å². The Morgan fingerprint density at radius 2 is 2.27 bits per heavy atom. The zero-order valence-corrected chi connectivity index (χ0v) is 7.97. The van der Waals surface area contributed by atoms with E-state index in [0.717, 1.165) is 0 Å². The molecular formula is C10H8N2O3. The van der Waals surface area contributed by atoms with Crippen molar-refractivity contribution in [1.29, 1.82) is 0 Å². The van der Waals surface area contributed by atoms with E-state index < -0.39 is 5.97 Å². The lowest BCUT2D eigenvalue weighted by molar-refractivity contribution is 0.0699. The quantitative estimate of drug-likeness (QED) is 0.799. The minimum Gasteiger partial charge on any atom is -0.496 e. The summed E-state index contributed by atoms with van der Waals surface area (Å²) >= 11 is 0. The molecule has 15 heavy (non-hydrogen) atoms. The lowest BCUT2D eigenvalue weighted by atomic mass is 10.1. The van der Waals surface area contributed by atoms with E-state index in [-0.39, 0.29) is 5.56 Å². The molecule has 0 fully saturated rings. The molecule has 0 saturated carbocycles. The van der Waals surface area contributed by atoms with Crippen LogP contribution in [0, 0.1) is 0 Å². The minimum atomic E-state index is -1.01. The molecule has 0 saturated heterocycles. The number of aromatic nitrogens is 2. The van der Waals surface area contributed by atoms with Crippen LogP contribution in [0.2, 0.25) is 0 Å². The van der Waals surface area contributed by atoms with Crippen molar-refractivity contribution >= 4 is 16.9 Å². The summed E-state index contributed by atoms with van der Waals surface area (Å²) in [5.41, 5.74) is 0.532. The molecular weight excluding hydrogens is 196 g/mol. The van der Waals surface area contributed by atoms with Crippen LogP contribution in [-0.4, -0.2) is 28.2 Å². The Bertz CT molecular complexity index is 525. The maximum absolute atomic E-state index is 10.9. The molecule has 2 rings (SSSR count). The molecule has 5 heteroatoms.